The number of rotatable bonds is 3. The average Bonchev–Trinajstić information content (AvgIpc) is 3.26. The highest BCUT2D eigenvalue weighted by atomic mass is 32.1. The number of anilines is 1. The number of hydrogen-bond acceptors (Lipinski definition) is 5. The number of aromatic nitrogens is 4. The number of aryl methyl sites for hydroxylation is 1. The molecule has 1 fully saturated rings. The fraction of sp³-hybridized carbons (Fsp3) is 0.389. The van der Waals surface area contributed by atoms with E-state index in [9.17, 15) is 0 Å². The van der Waals surface area contributed by atoms with Crippen molar-refractivity contribution in [1.82, 2.24) is 19.5 Å². The van der Waals surface area contributed by atoms with Crippen molar-refractivity contribution in [2.75, 3.05) is 18.0 Å². The van der Waals surface area contributed by atoms with Crippen LogP contribution in [0.2, 0.25) is 0 Å². The highest BCUT2D eigenvalue weighted by Crippen LogP contribution is 2.33. The van der Waals surface area contributed by atoms with Gasteiger partial charge in [0, 0.05) is 38.7 Å². The Kier molecular flexibility index (Phi) is 4.06. The monoisotopic (exact) mass is 339 g/mol. The second kappa shape index (κ2) is 6.36. The molecule has 1 unspecified atom stereocenters. The molecule has 0 saturated carbocycles. The van der Waals surface area contributed by atoms with Crippen molar-refractivity contribution in [3.8, 4) is 22.0 Å². The summed E-state index contributed by atoms with van der Waals surface area (Å²) in [4.78, 5) is 17.6. The van der Waals surface area contributed by atoms with E-state index in [0.717, 1.165) is 41.0 Å². The molecule has 1 atom stereocenters. The van der Waals surface area contributed by atoms with Crippen LogP contribution in [0.25, 0.3) is 22.0 Å². The molecule has 0 aliphatic carbocycles. The van der Waals surface area contributed by atoms with Gasteiger partial charge in [0.1, 0.15) is 5.82 Å². The number of hydrogen-bond donors (Lipinski definition) is 0. The zero-order valence-electron chi connectivity index (χ0n) is 14.0. The molecule has 0 radical (unpaired) electrons. The van der Waals surface area contributed by atoms with Crippen molar-refractivity contribution in [2.45, 2.75) is 19.8 Å². The molecular weight excluding hydrogens is 318 g/mol. The summed E-state index contributed by atoms with van der Waals surface area (Å²) < 4.78 is 2.01. The van der Waals surface area contributed by atoms with Crippen LogP contribution < -0.4 is 4.90 Å². The van der Waals surface area contributed by atoms with Gasteiger partial charge < -0.3 is 9.47 Å². The Morgan fingerprint density at radius 2 is 2.21 bits per heavy atom. The zero-order chi connectivity index (χ0) is 16.5. The summed E-state index contributed by atoms with van der Waals surface area (Å²) in [5, 5.41) is 2.09. The van der Waals surface area contributed by atoms with Crippen molar-refractivity contribution in [3.05, 3.63) is 36.1 Å². The van der Waals surface area contributed by atoms with Crippen molar-refractivity contribution >= 4 is 17.3 Å². The molecule has 0 spiro atoms. The van der Waals surface area contributed by atoms with Gasteiger partial charge in [-0.3, -0.25) is 0 Å². The third-order valence-corrected chi connectivity index (χ3v) is 5.41. The molecule has 4 heterocycles. The SMILES string of the molecule is CC1CCCN(c2ncc(-c3nccn3C)c(-c3cccs3)n2)C1. The van der Waals surface area contributed by atoms with Gasteiger partial charge >= 0.3 is 0 Å². The number of thiophene rings is 1. The quantitative estimate of drug-likeness (QED) is 0.727. The van der Waals surface area contributed by atoms with E-state index in [4.69, 9.17) is 4.98 Å². The molecule has 6 heteroatoms. The topological polar surface area (TPSA) is 46.8 Å². The Morgan fingerprint density at radius 3 is 2.92 bits per heavy atom. The second-order valence-electron chi connectivity index (χ2n) is 6.46. The first-order valence-corrected chi connectivity index (χ1v) is 9.24. The summed E-state index contributed by atoms with van der Waals surface area (Å²) in [7, 11) is 2.00. The van der Waals surface area contributed by atoms with Gasteiger partial charge in [0.25, 0.3) is 0 Å². The molecule has 5 nitrogen and oxygen atoms in total. The van der Waals surface area contributed by atoms with E-state index in [1.54, 1.807) is 11.3 Å². The fourth-order valence-electron chi connectivity index (χ4n) is 3.29. The second-order valence-corrected chi connectivity index (χ2v) is 7.41. The number of nitrogens with zero attached hydrogens (tertiary/aromatic N) is 5. The highest BCUT2D eigenvalue weighted by Gasteiger charge is 2.21. The summed E-state index contributed by atoms with van der Waals surface area (Å²) in [6.07, 6.45) is 8.19. The number of imidazole rings is 1. The molecule has 0 N–H and O–H groups in total. The van der Waals surface area contributed by atoms with Crippen LogP contribution >= 0.6 is 11.3 Å². The lowest BCUT2D eigenvalue weighted by Crippen LogP contribution is -2.35. The van der Waals surface area contributed by atoms with Gasteiger partial charge in [0.2, 0.25) is 5.95 Å². The van der Waals surface area contributed by atoms with Gasteiger partial charge in [-0.1, -0.05) is 13.0 Å². The minimum atomic E-state index is 0.696. The molecule has 24 heavy (non-hydrogen) atoms. The molecule has 1 aliphatic heterocycles. The molecule has 1 aliphatic rings. The lowest BCUT2D eigenvalue weighted by atomic mass is 10.0. The van der Waals surface area contributed by atoms with Crippen LogP contribution in [0.15, 0.2) is 36.1 Å². The third-order valence-electron chi connectivity index (χ3n) is 4.53. The van der Waals surface area contributed by atoms with Gasteiger partial charge in [-0.05, 0) is 30.2 Å². The lowest BCUT2D eigenvalue weighted by Gasteiger charge is -2.31. The maximum atomic E-state index is 4.94. The fourth-order valence-corrected chi connectivity index (χ4v) is 4.01. The van der Waals surface area contributed by atoms with E-state index in [0.29, 0.717) is 5.92 Å². The standard InChI is InChI=1S/C18H21N5S/c1-13-5-3-8-23(12-13)18-20-11-14(17-19-7-9-22(17)2)16(21-18)15-6-4-10-24-15/h4,6-7,9-11,13H,3,5,8,12H2,1-2H3. The smallest absolute Gasteiger partial charge is 0.225 e. The molecule has 0 bridgehead atoms. The van der Waals surface area contributed by atoms with Crippen LogP contribution in [0.4, 0.5) is 5.95 Å². The first-order valence-electron chi connectivity index (χ1n) is 8.36. The van der Waals surface area contributed by atoms with E-state index in [2.05, 4.69) is 39.3 Å². The maximum Gasteiger partial charge on any atom is 0.225 e. The molecular formula is C18H21N5S. The van der Waals surface area contributed by atoms with Crippen molar-refractivity contribution in [3.63, 3.8) is 0 Å². The molecule has 3 aromatic rings. The lowest BCUT2D eigenvalue weighted by molar-refractivity contribution is 0.442. The van der Waals surface area contributed by atoms with E-state index < -0.39 is 0 Å². The summed E-state index contributed by atoms with van der Waals surface area (Å²) in [6, 6.07) is 4.18. The van der Waals surface area contributed by atoms with Gasteiger partial charge in [-0.25, -0.2) is 15.0 Å². The van der Waals surface area contributed by atoms with E-state index in [1.165, 1.54) is 12.8 Å². The first kappa shape index (κ1) is 15.3. The molecule has 3 aromatic heterocycles. The molecule has 1 saturated heterocycles. The van der Waals surface area contributed by atoms with Crippen LogP contribution in [0, 0.1) is 5.92 Å². The maximum absolute atomic E-state index is 4.94. The molecule has 0 aromatic carbocycles. The van der Waals surface area contributed by atoms with Gasteiger partial charge in [0.05, 0.1) is 16.1 Å². The Morgan fingerprint density at radius 1 is 1.29 bits per heavy atom. The predicted molar refractivity (Wildman–Crippen MR) is 98.2 cm³/mol. The van der Waals surface area contributed by atoms with Crippen LogP contribution in [-0.4, -0.2) is 32.6 Å². The van der Waals surface area contributed by atoms with Crippen LogP contribution in [0.3, 0.4) is 0 Å². The normalized spacial score (nSPS) is 18.1. The Labute approximate surface area is 146 Å². The summed E-state index contributed by atoms with van der Waals surface area (Å²) in [5.41, 5.74) is 1.96. The Hall–Kier alpha value is -2.21. The van der Waals surface area contributed by atoms with Crippen LogP contribution in [-0.2, 0) is 7.05 Å². The Bertz CT molecular complexity index is 824. The average molecular weight is 339 g/mol. The van der Waals surface area contributed by atoms with Crippen LogP contribution in [0.5, 0.6) is 0 Å². The molecule has 124 valence electrons. The van der Waals surface area contributed by atoms with Crippen LogP contribution in [0.1, 0.15) is 19.8 Å². The minimum Gasteiger partial charge on any atom is -0.341 e. The molecule has 0 amide bonds. The zero-order valence-corrected chi connectivity index (χ0v) is 14.8. The largest absolute Gasteiger partial charge is 0.341 e. The van der Waals surface area contributed by atoms with Gasteiger partial charge in [-0.2, -0.15) is 0 Å². The van der Waals surface area contributed by atoms with Gasteiger partial charge in [0.15, 0.2) is 0 Å². The van der Waals surface area contributed by atoms with Crippen molar-refractivity contribution < 1.29 is 0 Å². The first-order chi connectivity index (χ1) is 11.7. The highest BCUT2D eigenvalue weighted by molar-refractivity contribution is 7.13. The summed E-state index contributed by atoms with van der Waals surface area (Å²) >= 11 is 1.70. The third kappa shape index (κ3) is 2.82. The summed E-state index contributed by atoms with van der Waals surface area (Å²) in [6.45, 7) is 4.37. The van der Waals surface area contributed by atoms with E-state index in [-0.39, 0.29) is 0 Å². The summed E-state index contributed by atoms with van der Waals surface area (Å²) in [5.74, 6) is 2.43. The van der Waals surface area contributed by atoms with E-state index >= 15 is 0 Å². The predicted octanol–water partition coefficient (Wildman–Crippen LogP) is 3.84. The minimum absolute atomic E-state index is 0.696. The number of piperidine rings is 1. The van der Waals surface area contributed by atoms with Crippen molar-refractivity contribution in [2.24, 2.45) is 13.0 Å². The Balaban J connectivity index is 1.80. The van der Waals surface area contributed by atoms with Gasteiger partial charge in [-0.15, -0.1) is 11.3 Å². The van der Waals surface area contributed by atoms with Crippen molar-refractivity contribution in [1.29, 1.82) is 0 Å². The van der Waals surface area contributed by atoms with E-state index in [1.807, 2.05) is 30.2 Å². The molecule has 4 rings (SSSR count).